The van der Waals surface area contributed by atoms with Gasteiger partial charge >= 0.3 is 6.09 Å². The van der Waals surface area contributed by atoms with Crippen molar-refractivity contribution < 1.29 is 19.2 Å². The summed E-state index contributed by atoms with van der Waals surface area (Å²) < 4.78 is 6.91. The number of hydrogen-bond acceptors (Lipinski definition) is 5. The number of rotatable bonds is 5. The van der Waals surface area contributed by atoms with Crippen LogP contribution < -0.4 is 4.57 Å². The number of pyridine rings is 1. The molecule has 6 nitrogen and oxygen atoms in total. The fourth-order valence-electron chi connectivity index (χ4n) is 3.45. The van der Waals surface area contributed by atoms with E-state index in [-0.39, 0.29) is 12.7 Å². The number of carbonyl (C=O) groups excluding carboxylic acids is 1. The molecule has 5 aromatic rings. The lowest BCUT2D eigenvalue weighted by atomic mass is 10.1. The van der Waals surface area contributed by atoms with E-state index in [1.165, 1.54) is 15.9 Å². The van der Waals surface area contributed by atoms with E-state index in [2.05, 4.69) is 9.97 Å². The molecule has 1 N–H and O–H groups in total. The van der Waals surface area contributed by atoms with E-state index in [4.69, 9.17) is 4.74 Å². The van der Waals surface area contributed by atoms with E-state index in [9.17, 15) is 9.90 Å². The summed E-state index contributed by atoms with van der Waals surface area (Å²) in [4.78, 5) is 21.5. The molecule has 0 saturated carbocycles. The van der Waals surface area contributed by atoms with Crippen molar-refractivity contribution >= 4 is 28.3 Å². The standard InChI is InChI=1S/C25H18N3O3S/c29-23(21-16-32-24(27-21)18-9-6-12-26-13-18)20-14-28(22-11-5-4-10-19(20)22)25(30)31-15-17-7-2-1-3-8-17/h1-14,16,29H,15H2/q-1. The molecule has 0 aliphatic rings. The number of aliphatic hydroxyl groups excluding tert-OH is 1. The molecule has 0 aliphatic carbocycles. The summed E-state index contributed by atoms with van der Waals surface area (Å²) in [7, 11) is 0. The average molecular weight is 441 g/mol. The maximum absolute atomic E-state index is 12.8. The number of ether oxygens (including phenoxy) is 1. The number of thiazole rings is 1. The third-order valence-corrected chi connectivity index (χ3v) is 5.92. The van der Waals surface area contributed by atoms with Crippen molar-refractivity contribution in [1.29, 1.82) is 0 Å². The van der Waals surface area contributed by atoms with Crippen LogP contribution >= 0.6 is 11.3 Å². The monoisotopic (exact) mass is 440 g/mol. The summed E-state index contributed by atoms with van der Waals surface area (Å²) in [5, 5.41) is 14.3. The minimum atomic E-state index is -0.515. The Hall–Kier alpha value is -3.94. The summed E-state index contributed by atoms with van der Waals surface area (Å²) in [6, 6.07) is 20.6. The Kier molecular flexibility index (Phi) is 5.41. The molecule has 0 saturated heterocycles. The number of aliphatic hydroxyl groups is 1. The van der Waals surface area contributed by atoms with Crippen LogP contribution in [0.1, 0.15) is 16.8 Å². The molecule has 158 valence electrons. The van der Waals surface area contributed by atoms with Crippen LogP contribution in [-0.2, 0) is 11.3 Å². The van der Waals surface area contributed by atoms with Crippen LogP contribution in [0.2, 0.25) is 0 Å². The number of para-hydroxylation sites is 1. The minimum absolute atomic E-state index is 0.00204. The molecule has 0 radical (unpaired) electrons. The van der Waals surface area contributed by atoms with Gasteiger partial charge in [-0.3, -0.25) is 4.98 Å². The largest absolute Gasteiger partial charge is 0.544 e. The van der Waals surface area contributed by atoms with Crippen molar-refractivity contribution in [2.45, 2.75) is 6.61 Å². The molecule has 0 fully saturated rings. The van der Waals surface area contributed by atoms with Crippen LogP contribution in [-0.4, -0.2) is 21.2 Å². The quantitative estimate of drug-likeness (QED) is 0.240. The summed E-state index contributed by atoms with van der Waals surface area (Å²) in [5.41, 5.74) is 3.38. The first-order valence-corrected chi connectivity index (χ1v) is 10.8. The second-order valence-corrected chi connectivity index (χ2v) is 7.96. The van der Waals surface area contributed by atoms with Crippen molar-refractivity contribution in [1.82, 2.24) is 9.97 Å². The van der Waals surface area contributed by atoms with Crippen molar-refractivity contribution in [2.24, 2.45) is 0 Å². The summed E-state index contributed by atoms with van der Waals surface area (Å²) in [6.45, 7) is 0.164. The van der Waals surface area contributed by atoms with E-state index >= 15 is 0 Å². The molecule has 0 amide bonds. The molecule has 5 rings (SSSR count). The number of hydrogen-bond donors (Lipinski definition) is 1. The number of carbonyl (C=O) groups is 1. The first-order valence-electron chi connectivity index (χ1n) is 9.94. The zero-order valence-corrected chi connectivity index (χ0v) is 17.7. The fraction of sp³-hybridized carbons (Fsp3) is 0.0400. The highest BCUT2D eigenvalue weighted by molar-refractivity contribution is 7.13. The lowest BCUT2D eigenvalue weighted by Crippen LogP contribution is -2.41. The van der Waals surface area contributed by atoms with Crippen LogP contribution in [0.3, 0.4) is 0 Å². The van der Waals surface area contributed by atoms with E-state index in [0.29, 0.717) is 16.8 Å². The predicted octanol–water partition coefficient (Wildman–Crippen LogP) is 4.85. The van der Waals surface area contributed by atoms with Crippen molar-refractivity contribution in [3.8, 4) is 10.6 Å². The predicted molar refractivity (Wildman–Crippen MR) is 120 cm³/mol. The Bertz CT molecular complexity index is 1360. The zero-order chi connectivity index (χ0) is 21.9. The summed E-state index contributed by atoms with van der Waals surface area (Å²) in [6.07, 6.45) is 4.51. The first-order chi connectivity index (χ1) is 15.7. The molecular weight excluding hydrogens is 422 g/mol. The molecule has 0 atom stereocenters. The van der Waals surface area contributed by atoms with Gasteiger partial charge in [0.15, 0.2) is 11.3 Å². The SMILES string of the molecule is O=C(OCc1ccccc1)[n+]1cc([C-](O)c2c[s+][c-](-c3cccnc3)n2)c2cccc[c-]21. The Balaban J connectivity index is 1.45. The van der Waals surface area contributed by atoms with Gasteiger partial charge in [0.25, 0.3) is 0 Å². The number of fused-ring (bicyclic) bond motifs is 1. The molecule has 3 heterocycles. The third-order valence-electron chi connectivity index (χ3n) is 5.02. The molecule has 0 bridgehead atoms. The van der Waals surface area contributed by atoms with Gasteiger partial charge in [0, 0.05) is 11.9 Å². The average Bonchev–Trinajstić information content (AvgIpc) is 3.49. The van der Waals surface area contributed by atoms with Crippen LogP contribution in [0.15, 0.2) is 90.7 Å². The second-order valence-electron chi connectivity index (χ2n) is 7.10. The van der Waals surface area contributed by atoms with Gasteiger partial charge in [-0.15, -0.1) is 29.7 Å². The molecule has 0 aliphatic heterocycles. The molecular formula is C25H18N3O3S-. The second kappa shape index (κ2) is 8.66. The highest BCUT2D eigenvalue weighted by Crippen LogP contribution is 2.31. The topological polar surface area (TPSA) is 76.2 Å². The van der Waals surface area contributed by atoms with Gasteiger partial charge in [-0.05, 0) is 23.4 Å². The van der Waals surface area contributed by atoms with E-state index in [1.807, 2.05) is 66.7 Å². The molecule has 3 aromatic heterocycles. The maximum atomic E-state index is 12.8. The fourth-order valence-corrected chi connectivity index (χ4v) is 4.25. The summed E-state index contributed by atoms with van der Waals surface area (Å²) >= 11 is 1.42. The highest BCUT2D eigenvalue weighted by Gasteiger charge is 2.21. The van der Waals surface area contributed by atoms with Crippen molar-refractivity contribution in [3.63, 3.8) is 0 Å². The van der Waals surface area contributed by atoms with Crippen LogP contribution in [0.25, 0.3) is 21.5 Å². The van der Waals surface area contributed by atoms with Crippen molar-refractivity contribution in [3.05, 3.63) is 114 Å². The number of aromatic nitrogens is 3. The van der Waals surface area contributed by atoms with Gasteiger partial charge in [-0.1, -0.05) is 48.0 Å². The van der Waals surface area contributed by atoms with Crippen LogP contribution in [0.4, 0.5) is 4.79 Å². The van der Waals surface area contributed by atoms with E-state index in [0.717, 1.165) is 21.5 Å². The maximum Gasteiger partial charge on any atom is 0.544 e. The molecule has 32 heavy (non-hydrogen) atoms. The van der Waals surface area contributed by atoms with Crippen LogP contribution in [0.5, 0.6) is 0 Å². The lowest BCUT2D eigenvalue weighted by molar-refractivity contribution is -0.557. The van der Waals surface area contributed by atoms with Gasteiger partial charge in [0.1, 0.15) is 17.5 Å². The van der Waals surface area contributed by atoms with Crippen molar-refractivity contribution in [2.75, 3.05) is 0 Å². The van der Waals surface area contributed by atoms with Gasteiger partial charge in [-0.25, -0.2) is 4.79 Å². The Morgan fingerprint density at radius 3 is 2.78 bits per heavy atom. The van der Waals surface area contributed by atoms with E-state index in [1.54, 1.807) is 24.0 Å². The first kappa shape index (κ1) is 20.0. The summed E-state index contributed by atoms with van der Waals surface area (Å²) in [5.74, 6) is 0. The number of benzene rings is 2. The van der Waals surface area contributed by atoms with Gasteiger partial charge in [0.2, 0.25) is 5.01 Å². The minimum Gasteiger partial charge on any atom is -0.436 e. The van der Waals surface area contributed by atoms with Gasteiger partial charge < -0.3 is 14.8 Å². The highest BCUT2D eigenvalue weighted by atomic mass is 32.1. The molecule has 0 unspecified atom stereocenters. The molecule has 2 aromatic carbocycles. The molecule has 0 spiro atoms. The third kappa shape index (κ3) is 3.87. The Morgan fingerprint density at radius 1 is 1.12 bits per heavy atom. The Labute approximate surface area is 188 Å². The van der Waals surface area contributed by atoms with Crippen LogP contribution in [0, 0.1) is 6.10 Å². The van der Waals surface area contributed by atoms with E-state index < -0.39 is 6.09 Å². The zero-order valence-electron chi connectivity index (χ0n) is 16.9. The number of nitrogens with zero attached hydrogens (tertiary/aromatic N) is 3. The molecule has 7 heteroatoms. The van der Waals surface area contributed by atoms with Gasteiger partial charge in [-0.2, -0.15) is 4.57 Å². The normalized spacial score (nSPS) is 10.9. The smallest absolute Gasteiger partial charge is 0.436 e. The lowest BCUT2D eigenvalue weighted by Gasteiger charge is -2.15. The van der Waals surface area contributed by atoms with Gasteiger partial charge in [0.05, 0.1) is 6.20 Å². The Morgan fingerprint density at radius 2 is 1.97 bits per heavy atom.